The third-order valence-corrected chi connectivity index (χ3v) is 5.24. The molecule has 0 atom stereocenters. The molecule has 0 aliphatic carbocycles. The Morgan fingerprint density at radius 3 is 2.12 bits per heavy atom. The maximum absolute atomic E-state index is 12.9. The first-order chi connectivity index (χ1) is 16.6. The summed E-state index contributed by atoms with van der Waals surface area (Å²) in [6.45, 7) is 0.721. The van der Waals surface area contributed by atoms with Gasteiger partial charge in [0, 0.05) is 12.6 Å². The Labute approximate surface area is 197 Å². The second-order valence-electron chi connectivity index (χ2n) is 7.69. The summed E-state index contributed by atoms with van der Waals surface area (Å²) < 4.78 is 1.24. The first-order valence-electron chi connectivity index (χ1n) is 10.9. The number of amides is 2. The van der Waals surface area contributed by atoms with Crippen LogP contribution in [0, 0.1) is 0 Å². The van der Waals surface area contributed by atoms with Crippen molar-refractivity contribution >= 4 is 17.5 Å². The van der Waals surface area contributed by atoms with E-state index >= 15 is 0 Å². The molecule has 0 saturated carbocycles. The lowest BCUT2D eigenvalue weighted by molar-refractivity contribution is 0.0955. The highest BCUT2D eigenvalue weighted by Gasteiger charge is 2.15. The highest BCUT2D eigenvalue weighted by Crippen LogP contribution is 2.16. The fourth-order valence-corrected chi connectivity index (χ4v) is 3.48. The van der Waals surface area contributed by atoms with Crippen LogP contribution in [-0.4, -0.2) is 28.1 Å². The topological polar surface area (TPSA) is 93.1 Å². The lowest BCUT2D eigenvalue weighted by Crippen LogP contribution is -2.28. The molecule has 170 valence electrons. The Balaban J connectivity index is 1.45. The molecule has 0 unspecified atom stereocenters. The summed E-state index contributed by atoms with van der Waals surface area (Å²) in [4.78, 5) is 37.9. The van der Waals surface area contributed by atoms with Crippen molar-refractivity contribution in [2.24, 2.45) is 0 Å². The Morgan fingerprint density at radius 2 is 1.38 bits per heavy atom. The number of carbonyl (C=O) groups excluding carboxylic acids is 2. The molecule has 0 aliphatic rings. The lowest BCUT2D eigenvalue weighted by Gasteiger charge is -2.12. The van der Waals surface area contributed by atoms with E-state index in [9.17, 15) is 14.4 Å². The van der Waals surface area contributed by atoms with Gasteiger partial charge in [0.05, 0.1) is 17.8 Å². The van der Waals surface area contributed by atoms with E-state index in [-0.39, 0.29) is 23.7 Å². The molecule has 4 rings (SSSR count). The van der Waals surface area contributed by atoms with Gasteiger partial charge in [-0.25, -0.2) is 4.68 Å². The van der Waals surface area contributed by atoms with Crippen molar-refractivity contribution in [2.75, 3.05) is 11.9 Å². The van der Waals surface area contributed by atoms with E-state index in [4.69, 9.17) is 0 Å². The van der Waals surface area contributed by atoms with E-state index in [1.807, 2.05) is 60.7 Å². The van der Waals surface area contributed by atoms with Gasteiger partial charge in [-0.3, -0.25) is 14.4 Å². The van der Waals surface area contributed by atoms with Crippen LogP contribution in [-0.2, 0) is 13.0 Å². The minimum absolute atomic E-state index is 0.0785. The van der Waals surface area contributed by atoms with E-state index in [0.29, 0.717) is 24.2 Å². The molecular weight excluding hydrogens is 428 g/mol. The quantitative estimate of drug-likeness (QED) is 0.428. The molecule has 0 spiro atoms. The molecule has 1 aromatic heterocycles. The second kappa shape index (κ2) is 10.9. The maximum Gasteiger partial charge on any atom is 0.276 e. The lowest BCUT2D eigenvalue weighted by atomic mass is 10.1. The van der Waals surface area contributed by atoms with Crippen molar-refractivity contribution in [3.63, 3.8) is 0 Å². The molecule has 0 bridgehead atoms. The summed E-state index contributed by atoms with van der Waals surface area (Å²) in [5, 5.41) is 9.86. The zero-order chi connectivity index (χ0) is 23.8. The minimum Gasteiger partial charge on any atom is -0.352 e. The Morgan fingerprint density at radius 1 is 0.735 bits per heavy atom. The van der Waals surface area contributed by atoms with Gasteiger partial charge < -0.3 is 10.6 Å². The van der Waals surface area contributed by atoms with Crippen LogP contribution in [0.1, 0.15) is 32.0 Å². The summed E-state index contributed by atoms with van der Waals surface area (Å²) in [7, 11) is 0. The standard InChI is InChI=1S/C27H24N4O3/c32-25-16-15-24(30-31(25)19-21-11-5-2-6-12-21)27(34)29-23-14-8-7-13-22(23)26(33)28-18-17-20-9-3-1-4-10-20/h1-16H,17-19H2,(H,28,33)(H,29,34). The fraction of sp³-hybridized carbons (Fsp3) is 0.111. The molecule has 4 aromatic rings. The SMILES string of the molecule is O=C(Nc1ccccc1C(=O)NCCc1ccccc1)c1ccc(=O)n(Cc2ccccc2)n1. The molecule has 7 heteroatoms. The molecule has 3 aromatic carbocycles. The predicted octanol–water partition coefficient (Wildman–Crippen LogP) is 3.52. The van der Waals surface area contributed by atoms with Crippen molar-refractivity contribution in [2.45, 2.75) is 13.0 Å². The van der Waals surface area contributed by atoms with Crippen molar-refractivity contribution in [1.29, 1.82) is 0 Å². The van der Waals surface area contributed by atoms with Gasteiger partial charge in [-0.05, 0) is 35.7 Å². The molecule has 1 heterocycles. The van der Waals surface area contributed by atoms with E-state index in [0.717, 1.165) is 11.1 Å². The molecule has 2 amide bonds. The zero-order valence-corrected chi connectivity index (χ0v) is 18.5. The van der Waals surface area contributed by atoms with Crippen LogP contribution >= 0.6 is 0 Å². The molecule has 34 heavy (non-hydrogen) atoms. The number of hydrogen-bond donors (Lipinski definition) is 2. The molecule has 0 fully saturated rings. The van der Waals surface area contributed by atoms with E-state index in [2.05, 4.69) is 15.7 Å². The van der Waals surface area contributed by atoms with Crippen molar-refractivity contribution < 1.29 is 9.59 Å². The monoisotopic (exact) mass is 452 g/mol. The van der Waals surface area contributed by atoms with Crippen molar-refractivity contribution in [3.05, 3.63) is 130 Å². The molecule has 2 N–H and O–H groups in total. The second-order valence-corrected chi connectivity index (χ2v) is 7.69. The summed E-state index contributed by atoms with van der Waals surface area (Å²) in [5.41, 5.74) is 2.51. The number of nitrogens with zero attached hydrogens (tertiary/aromatic N) is 2. The maximum atomic E-state index is 12.9. The first-order valence-corrected chi connectivity index (χ1v) is 10.9. The van der Waals surface area contributed by atoms with Gasteiger partial charge >= 0.3 is 0 Å². The van der Waals surface area contributed by atoms with Gasteiger partial charge in [-0.2, -0.15) is 5.10 Å². The Hall–Kier alpha value is -4.52. The van der Waals surface area contributed by atoms with E-state index < -0.39 is 5.91 Å². The molecule has 0 saturated heterocycles. The van der Waals surface area contributed by atoms with Gasteiger partial charge in [-0.15, -0.1) is 0 Å². The minimum atomic E-state index is -0.508. The van der Waals surface area contributed by atoms with Crippen molar-refractivity contribution in [3.8, 4) is 0 Å². The largest absolute Gasteiger partial charge is 0.352 e. The summed E-state index contributed by atoms with van der Waals surface area (Å²) in [5.74, 6) is -0.791. The summed E-state index contributed by atoms with van der Waals surface area (Å²) in [6, 6.07) is 28.7. The van der Waals surface area contributed by atoms with E-state index in [1.165, 1.54) is 16.8 Å². The zero-order valence-electron chi connectivity index (χ0n) is 18.5. The number of benzene rings is 3. The molecular formula is C27H24N4O3. The average Bonchev–Trinajstić information content (AvgIpc) is 2.87. The van der Waals surface area contributed by atoms with Crippen LogP contribution < -0.4 is 16.2 Å². The van der Waals surface area contributed by atoms with Crippen LogP contribution in [0.4, 0.5) is 5.69 Å². The summed E-state index contributed by atoms with van der Waals surface area (Å²) in [6.07, 6.45) is 0.702. The van der Waals surface area contributed by atoms with Crippen LogP contribution in [0.3, 0.4) is 0 Å². The van der Waals surface area contributed by atoms with E-state index in [1.54, 1.807) is 24.3 Å². The smallest absolute Gasteiger partial charge is 0.276 e. The van der Waals surface area contributed by atoms with Crippen LogP contribution in [0.5, 0.6) is 0 Å². The average molecular weight is 453 g/mol. The van der Waals surface area contributed by atoms with Crippen LogP contribution in [0.2, 0.25) is 0 Å². The van der Waals surface area contributed by atoms with Crippen LogP contribution in [0.25, 0.3) is 0 Å². The number of aromatic nitrogens is 2. The number of hydrogen-bond acceptors (Lipinski definition) is 4. The number of nitrogens with one attached hydrogen (secondary N) is 2. The predicted molar refractivity (Wildman–Crippen MR) is 131 cm³/mol. The van der Waals surface area contributed by atoms with Crippen molar-refractivity contribution in [1.82, 2.24) is 15.1 Å². The third kappa shape index (κ3) is 5.83. The Bertz CT molecular complexity index is 1330. The highest BCUT2D eigenvalue weighted by molar-refractivity contribution is 6.08. The van der Waals surface area contributed by atoms with Gasteiger partial charge in [0.1, 0.15) is 5.69 Å². The van der Waals surface area contributed by atoms with Crippen LogP contribution in [0.15, 0.2) is 102 Å². The molecule has 0 aliphatic heterocycles. The number of anilines is 1. The molecule has 0 radical (unpaired) electrons. The molecule has 7 nitrogen and oxygen atoms in total. The van der Waals surface area contributed by atoms with Gasteiger partial charge in [0.25, 0.3) is 17.4 Å². The third-order valence-electron chi connectivity index (χ3n) is 5.24. The van der Waals surface area contributed by atoms with Gasteiger partial charge in [0.15, 0.2) is 0 Å². The van der Waals surface area contributed by atoms with Gasteiger partial charge in [-0.1, -0.05) is 72.8 Å². The fourth-order valence-electron chi connectivity index (χ4n) is 3.48. The van der Waals surface area contributed by atoms with Gasteiger partial charge in [0.2, 0.25) is 0 Å². The Kier molecular flexibility index (Phi) is 7.25. The number of rotatable bonds is 8. The number of para-hydroxylation sites is 1. The first kappa shape index (κ1) is 22.7. The highest BCUT2D eigenvalue weighted by atomic mass is 16.2. The summed E-state index contributed by atoms with van der Waals surface area (Å²) >= 11 is 0. The number of carbonyl (C=O) groups is 2. The normalized spacial score (nSPS) is 10.5.